The van der Waals surface area contributed by atoms with Crippen molar-refractivity contribution in [2.45, 2.75) is 26.3 Å². The molecule has 0 aromatic heterocycles. The van der Waals surface area contributed by atoms with Crippen LogP contribution in [-0.2, 0) is 17.8 Å². The van der Waals surface area contributed by atoms with Crippen molar-refractivity contribution in [2.75, 3.05) is 19.6 Å². The third-order valence-corrected chi connectivity index (χ3v) is 3.88. The summed E-state index contributed by atoms with van der Waals surface area (Å²) in [5.74, 6) is 0.401. The lowest BCUT2D eigenvalue weighted by Gasteiger charge is -2.11. The van der Waals surface area contributed by atoms with Crippen molar-refractivity contribution < 1.29 is 9.18 Å². The lowest BCUT2D eigenvalue weighted by Crippen LogP contribution is -2.38. The van der Waals surface area contributed by atoms with Crippen molar-refractivity contribution in [2.24, 2.45) is 4.99 Å². The molecule has 0 atom stereocenters. The van der Waals surface area contributed by atoms with E-state index in [0.29, 0.717) is 38.4 Å². The molecule has 0 saturated heterocycles. The smallest absolute Gasteiger partial charge is 0.222 e. The molecule has 5 nitrogen and oxygen atoms in total. The van der Waals surface area contributed by atoms with Crippen LogP contribution >= 0.6 is 24.0 Å². The maximum Gasteiger partial charge on any atom is 0.222 e. The summed E-state index contributed by atoms with van der Waals surface area (Å²) in [7, 11) is 0. The zero-order chi connectivity index (χ0) is 19.3. The van der Waals surface area contributed by atoms with Gasteiger partial charge >= 0.3 is 0 Å². The molecule has 0 bridgehead atoms. The molecule has 0 aliphatic heterocycles. The Labute approximate surface area is 183 Å². The van der Waals surface area contributed by atoms with E-state index >= 15 is 0 Å². The van der Waals surface area contributed by atoms with Crippen LogP contribution in [0.4, 0.5) is 4.39 Å². The van der Waals surface area contributed by atoms with Crippen LogP contribution in [0.1, 0.15) is 24.5 Å². The van der Waals surface area contributed by atoms with Crippen LogP contribution in [0.15, 0.2) is 59.6 Å². The van der Waals surface area contributed by atoms with Gasteiger partial charge in [0.25, 0.3) is 0 Å². The minimum absolute atomic E-state index is 0. The van der Waals surface area contributed by atoms with Gasteiger partial charge in [-0.1, -0.05) is 42.5 Å². The molecule has 7 heteroatoms. The predicted octanol–water partition coefficient (Wildman–Crippen LogP) is 3.25. The number of nitrogens with zero attached hydrogens (tertiary/aromatic N) is 1. The van der Waals surface area contributed by atoms with Gasteiger partial charge in [-0.25, -0.2) is 4.39 Å². The van der Waals surface area contributed by atoms with Gasteiger partial charge in [-0.15, -0.1) is 24.0 Å². The molecule has 2 aromatic carbocycles. The largest absolute Gasteiger partial charge is 0.357 e. The zero-order valence-corrected chi connectivity index (χ0v) is 18.4. The summed E-state index contributed by atoms with van der Waals surface area (Å²) in [5.41, 5.74) is 2.00. The summed E-state index contributed by atoms with van der Waals surface area (Å²) in [4.78, 5) is 16.3. The van der Waals surface area contributed by atoms with Gasteiger partial charge in [0.15, 0.2) is 5.96 Å². The lowest BCUT2D eigenvalue weighted by molar-refractivity contribution is -0.121. The van der Waals surface area contributed by atoms with Gasteiger partial charge in [-0.3, -0.25) is 9.79 Å². The first-order chi connectivity index (χ1) is 13.2. The van der Waals surface area contributed by atoms with Crippen molar-refractivity contribution in [3.8, 4) is 0 Å². The third kappa shape index (κ3) is 9.68. The number of aliphatic imine (C=N–C) groups is 1. The molecule has 0 saturated carbocycles. The number of rotatable bonds is 9. The third-order valence-electron chi connectivity index (χ3n) is 3.88. The first-order valence-corrected chi connectivity index (χ1v) is 9.24. The number of carbonyl (C=O) groups is 1. The van der Waals surface area contributed by atoms with E-state index in [1.165, 1.54) is 12.1 Å². The zero-order valence-electron chi connectivity index (χ0n) is 16.1. The van der Waals surface area contributed by atoms with E-state index < -0.39 is 0 Å². The second-order valence-electron chi connectivity index (χ2n) is 6.08. The van der Waals surface area contributed by atoms with Crippen molar-refractivity contribution in [3.05, 3.63) is 71.5 Å². The summed E-state index contributed by atoms with van der Waals surface area (Å²) in [5, 5.41) is 9.24. The molecule has 0 aliphatic carbocycles. The van der Waals surface area contributed by atoms with Crippen LogP contribution in [0.3, 0.4) is 0 Å². The Bertz CT molecular complexity index is 740. The maximum atomic E-state index is 13.2. The van der Waals surface area contributed by atoms with Crippen molar-refractivity contribution >= 4 is 35.8 Å². The summed E-state index contributed by atoms with van der Waals surface area (Å²) < 4.78 is 13.2. The van der Waals surface area contributed by atoms with Crippen LogP contribution in [0, 0.1) is 5.82 Å². The molecular formula is C21H28FIN4O. The molecule has 3 N–H and O–H groups in total. The fourth-order valence-corrected chi connectivity index (χ4v) is 2.51. The number of benzene rings is 2. The molecule has 2 rings (SSSR count). The van der Waals surface area contributed by atoms with Crippen LogP contribution in [0.25, 0.3) is 0 Å². The highest BCUT2D eigenvalue weighted by atomic mass is 127. The van der Waals surface area contributed by atoms with Crippen LogP contribution in [-0.4, -0.2) is 31.5 Å². The molecule has 1 amide bonds. The molecule has 152 valence electrons. The van der Waals surface area contributed by atoms with E-state index in [1.807, 2.05) is 43.3 Å². The Hall–Kier alpha value is -2.16. The normalized spacial score (nSPS) is 10.7. The molecular weight excluding hydrogens is 470 g/mol. The standard InChI is InChI=1S/C21H27FN4O.HI/c1-2-23-21(24-13-11-17-9-6-10-19(22)15-17)25-14-12-20(27)26-16-18-7-4-3-5-8-18;/h3-10,15H,2,11-14,16H2,1H3,(H,26,27)(H2,23,24,25);1H. The minimum Gasteiger partial charge on any atom is -0.357 e. The number of hydrogen-bond donors (Lipinski definition) is 3. The SMILES string of the molecule is CCNC(=NCCC(=O)NCc1ccccc1)NCCc1cccc(F)c1.I. The van der Waals surface area contributed by atoms with Crippen molar-refractivity contribution in [1.82, 2.24) is 16.0 Å². The molecule has 0 spiro atoms. The van der Waals surface area contributed by atoms with E-state index in [1.54, 1.807) is 6.07 Å². The lowest BCUT2D eigenvalue weighted by atomic mass is 10.1. The Balaban J connectivity index is 0.00000392. The first kappa shape index (κ1) is 23.9. The molecule has 0 aliphatic rings. The van der Waals surface area contributed by atoms with Gasteiger partial charge in [0, 0.05) is 26.1 Å². The highest BCUT2D eigenvalue weighted by Crippen LogP contribution is 2.03. The highest BCUT2D eigenvalue weighted by Gasteiger charge is 2.02. The maximum absolute atomic E-state index is 13.2. The Kier molecular flexibility index (Phi) is 11.9. The molecule has 0 heterocycles. The van der Waals surface area contributed by atoms with Crippen molar-refractivity contribution in [3.63, 3.8) is 0 Å². The molecule has 0 fully saturated rings. The molecule has 0 radical (unpaired) electrons. The van der Waals surface area contributed by atoms with Crippen molar-refractivity contribution in [1.29, 1.82) is 0 Å². The average Bonchev–Trinajstić information content (AvgIpc) is 2.67. The first-order valence-electron chi connectivity index (χ1n) is 9.24. The van der Waals surface area contributed by atoms with Crippen LogP contribution in [0.5, 0.6) is 0 Å². The molecule has 0 unspecified atom stereocenters. The topological polar surface area (TPSA) is 65.5 Å². The average molecular weight is 498 g/mol. The van der Waals surface area contributed by atoms with Gasteiger partial charge < -0.3 is 16.0 Å². The number of carbonyl (C=O) groups excluding carboxylic acids is 1. The monoisotopic (exact) mass is 498 g/mol. The number of guanidine groups is 1. The highest BCUT2D eigenvalue weighted by molar-refractivity contribution is 14.0. The Morgan fingerprint density at radius 2 is 1.75 bits per heavy atom. The van der Waals surface area contributed by atoms with Gasteiger partial charge in [0.05, 0.1) is 6.54 Å². The van der Waals surface area contributed by atoms with Crippen LogP contribution in [0.2, 0.25) is 0 Å². The summed E-state index contributed by atoms with van der Waals surface area (Å²) in [6, 6.07) is 16.4. The quantitative estimate of drug-likeness (QED) is 0.283. The second kappa shape index (κ2) is 13.9. The summed E-state index contributed by atoms with van der Waals surface area (Å²) in [6.45, 7) is 4.27. The number of hydrogen-bond acceptors (Lipinski definition) is 2. The molecule has 28 heavy (non-hydrogen) atoms. The Morgan fingerprint density at radius 1 is 1.00 bits per heavy atom. The fourth-order valence-electron chi connectivity index (χ4n) is 2.51. The fraction of sp³-hybridized carbons (Fsp3) is 0.333. The van der Waals surface area contributed by atoms with E-state index in [9.17, 15) is 9.18 Å². The van der Waals surface area contributed by atoms with Gasteiger partial charge in [-0.05, 0) is 36.6 Å². The summed E-state index contributed by atoms with van der Waals surface area (Å²) >= 11 is 0. The van der Waals surface area contributed by atoms with Crippen LogP contribution < -0.4 is 16.0 Å². The second-order valence-corrected chi connectivity index (χ2v) is 6.08. The van der Waals surface area contributed by atoms with Gasteiger partial charge in [0.1, 0.15) is 5.82 Å². The summed E-state index contributed by atoms with van der Waals surface area (Å²) in [6.07, 6.45) is 1.02. The molecule has 2 aromatic rings. The van der Waals surface area contributed by atoms with Gasteiger partial charge in [0.2, 0.25) is 5.91 Å². The van der Waals surface area contributed by atoms with E-state index in [4.69, 9.17) is 0 Å². The van der Waals surface area contributed by atoms with E-state index in [2.05, 4.69) is 20.9 Å². The van der Waals surface area contributed by atoms with E-state index in [0.717, 1.165) is 17.7 Å². The minimum atomic E-state index is -0.227. The number of nitrogens with one attached hydrogen (secondary N) is 3. The predicted molar refractivity (Wildman–Crippen MR) is 122 cm³/mol. The number of amides is 1. The van der Waals surface area contributed by atoms with Gasteiger partial charge in [-0.2, -0.15) is 0 Å². The van der Waals surface area contributed by atoms with E-state index in [-0.39, 0.29) is 35.7 Å². The Morgan fingerprint density at radius 3 is 2.46 bits per heavy atom. The number of halogens is 2.